The molecule has 2 aromatic rings. The topological polar surface area (TPSA) is 0 Å². The number of halogens is 2. The molecule has 0 saturated carbocycles. The molecule has 2 rings (SSSR count). The minimum absolute atomic E-state index is 0. The zero-order valence-corrected chi connectivity index (χ0v) is 9.50. The van der Waals surface area contributed by atoms with E-state index in [4.69, 9.17) is 0 Å². The molecule has 0 nitrogen and oxygen atoms in total. The van der Waals surface area contributed by atoms with Crippen LogP contribution in [0.1, 0.15) is 5.56 Å². The van der Waals surface area contributed by atoms with Gasteiger partial charge in [-0.2, -0.15) is 12.1 Å². The summed E-state index contributed by atoms with van der Waals surface area (Å²) in [6.45, 7) is 3.63. The fourth-order valence-corrected chi connectivity index (χ4v) is 1.47. The van der Waals surface area contributed by atoms with Gasteiger partial charge in [0.1, 0.15) is 0 Å². The van der Waals surface area contributed by atoms with Gasteiger partial charge in [0, 0.05) is 5.82 Å². The maximum Gasteiger partial charge on any atom is 1.00 e. The summed E-state index contributed by atoms with van der Waals surface area (Å²) in [5.41, 5.74) is 1.81. The van der Waals surface area contributed by atoms with Crippen molar-refractivity contribution in [2.75, 3.05) is 0 Å². The summed E-state index contributed by atoms with van der Waals surface area (Å²) in [6, 6.07) is 12.1. The summed E-state index contributed by atoms with van der Waals surface area (Å²) in [5, 5.41) is 0. The first-order chi connectivity index (χ1) is 7.72. The molecule has 0 heterocycles. The first-order valence-electron chi connectivity index (χ1n) is 4.81. The summed E-state index contributed by atoms with van der Waals surface area (Å²) in [6.07, 6.45) is 1.69. The number of hydrogen-bond donors (Lipinski definition) is 0. The Morgan fingerprint density at radius 3 is 2.29 bits per heavy atom. The smallest absolute Gasteiger partial charge is 0.281 e. The summed E-state index contributed by atoms with van der Waals surface area (Å²) >= 11 is 0. The van der Waals surface area contributed by atoms with E-state index >= 15 is 0 Å². The Bertz CT molecular complexity index is 518. The molecule has 17 heavy (non-hydrogen) atoms. The predicted octanol–water partition coefficient (Wildman–Crippen LogP) is 1.08. The Morgan fingerprint density at radius 1 is 1.06 bits per heavy atom. The minimum Gasteiger partial charge on any atom is -0.281 e. The van der Waals surface area contributed by atoms with Gasteiger partial charge in [-0.05, 0) is 11.1 Å². The Hall–Kier alpha value is -1.36. The molecule has 0 radical (unpaired) electrons. The van der Waals surface area contributed by atoms with Crippen molar-refractivity contribution in [3.8, 4) is 11.1 Å². The number of benzene rings is 2. The molecular weight excluding hydrogens is 213 g/mol. The average molecular weight is 222 g/mol. The van der Waals surface area contributed by atoms with E-state index in [1.165, 1.54) is 12.1 Å². The normalized spacial score (nSPS) is 9.53. The van der Waals surface area contributed by atoms with Crippen molar-refractivity contribution in [1.29, 1.82) is 0 Å². The van der Waals surface area contributed by atoms with E-state index in [1.54, 1.807) is 30.3 Å². The monoisotopic (exact) mass is 222 g/mol. The van der Waals surface area contributed by atoms with Gasteiger partial charge < -0.3 is 0 Å². The second-order valence-corrected chi connectivity index (χ2v) is 3.35. The minimum atomic E-state index is -0.953. The van der Waals surface area contributed by atoms with E-state index < -0.39 is 11.6 Å². The molecule has 0 aliphatic heterocycles. The van der Waals surface area contributed by atoms with Crippen LogP contribution in [0, 0.1) is 17.7 Å². The van der Waals surface area contributed by atoms with Gasteiger partial charge in [-0.3, -0.25) is 4.39 Å². The molecule has 0 atom stereocenters. The van der Waals surface area contributed by atoms with Crippen LogP contribution in [0.15, 0.2) is 43.0 Å². The third-order valence-corrected chi connectivity index (χ3v) is 2.35. The molecule has 0 aromatic heterocycles. The summed E-state index contributed by atoms with van der Waals surface area (Å²) in [7, 11) is 0. The molecule has 0 unspecified atom stereocenters. The van der Waals surface area contributed by atoms with E-state index in [0.717, 1.165) is 5.56 Å². The van der Waals surface area contributed by atoms with Gasteiger partial charge in [-0.15, -0.1) is 6.07 Å². The standard InChI is InChI=1S/C14H9F2.Li/c1-2-10-6-8-11(9-7-10)12-4-3-5-13(15)14(12)16;/h2-4,6-9H,1H2;/q-1;+1. The largest absolute Gasteiger partial charge is 1.00 e. The molecule has 0 aliphatic carbocycles. The molecule has 0 fully saturated rings. The summed E-state index contributed by atoms with van der Waals surface area (Å²) in [4.78, 5) is 0. The maximum atomic E-state index is 13.4. The molecule has 0 amide bonds. The number of rotatable bonds is 2. The molecule has 0 saturated heterocycles. The first-order valence-corrected chi connectivity index (χ1v) is 4.81. The van der Waals surface area contributed by atoms with Crippen LogP contribution in [-0.2, 0) is 0 Å². The van der Waals surface area contributed by atoms with Crippen LogP contribution in [0.25, 0.3) is 17.2 Å². The molecular formula is C14H9F2Li. The van der Waals surface area contributed by atoms with Crippen molar-refractivity contribution in [2.24, 2.45) is 0 Å². The molecule has 3 heteroatoms. The fraction of sp³-hybridized carbons (Fsp3) is 0. The van der Waals surface area contributed by atoms with Gasteiger partial charge in [0.15, 0.2) is 0 Å². The maximum absolute atomic E-state index is 13.4. The van der Waals surface area contributed by atoms with Gasteiger partial charge in [0.05, 0.1) is 5.82 Å². The Labute approximate surface area is 111 Å². The van der Waals surface area contributed by atoms with Crippen molar-refractivity contribution >= 4 is 6.08 Å². The van der Waals surface area contributed by atoms with Gasteiger partial charge in [-0.1, -0.05) is 42.5 Å². The van der Waals surface area contributed by atoms with Crippen molar-refractivity contribution in [2.45, 2.75) is 0 Å². The van der Waals surface area contributed by atoms with Crippen LogP contribution in [0.3, 0.4) is 0 Å². The Balaban J connectivity index is 0.00000144. The van der Waals surface area contributed by atoms with E-state index in [2.05, 4.69) is 12.6 Å². The quantitative estimate of drug-likeness (QED) is 0.527. The molecule has 80 valence electrons. The van der Waals surface area contributed by atoms with E-state index in [-0.39, 0.29) is 24.4 Å². The predicted molar refractivity (Wildman–Crippen MR) is 60.7 cm³/mol. The van der Waals surface area contributed by atoms with Crippen LogP contribution in [-0.4, -0.2) is 0 Å². The Kier molecular flexibility index (Phi) is 4.69. The van der Waals surface area contributed by atoms with Crippen molar-refractivity contribution in [3.05, 3.63) is 66.2 Å². The molecule has 0 bridgehead atoms. The van der Waals surface area contributed by atoms with Gasteiger partial charge in [0.2, 0.25) is 0 Å². The zero-order chi connectivity index (χ0) is 11.5. The first kappa shape index (κ1) is 13.7. The van der Waals surface area contributed by atoms with Crippen molar-refractivity contribution in [3.63, 3.8) is 0 Å². The van der Waals surface area contributed by atoms with Crippen LogP contribution >= 0.6 is 0 Å². The third kappa shape index (κ3) is 2.85. The molecule has 0 N–H and O–H groups in total. The summed E-state index contributed by atoms with van der Waals surface area (Å²) < 4.78 is 26.4. The average Bonchev–Trinajstić information content (AvgIpc) is 2.33. The molecule has 0 spiro atoms. The Morgan fingerprint density at radius 2 is 1.71 bits per heavy atom. The van der Waals surface area contributed by atoms with E-state index in [1.807, 2.05) is 0 Å². The van der Waals surface area contributed by atoms with Crippen LogP contribution in [0.5, 0.6) is 0 Å². The number of hydrogen-bond acceptors (Lipinski definition) is 0. The van der Waals surface area contributed by atoms with E-state index in [0.29, 0.717) is 5.56 Å². The van der Waals surface area contributed by atoms with Gasteiger partial charge >= 0.3 is 18.9 Å². The van der Waals surface area contributed by atoms with E-state index in [9.17, 15) is 8.78 Å². The zero-order valence-electron chi connectivity index (χ0n) is 9.50. The fourth-order valence-electron chi connectivity index (χ4n) is 1.47. The second-order valence-electron chi connectivity index (χ2n) is 3.35. The SMILES string of the molecule is C=Cc1ccc(-c2cc[c-]c(F)c2F)cc1.[Li+]. The van der Waals surface area contributed by atoms with Crippen LogP contribution in [0.2, 0.25) is 0 Å². The second kappa shape index (κ2) is 5.81. The van der Waals surface area contributed by atoms with Crippen LogP contribution < -0.4 is 18.9 Å². The van der Waals surface area contributed by atoms with Gasteiger partial charge in [-0.25, -0.2) is 4.39 Å². The van der Waals surface area contributed by atoms with Crippen molar-refractivity contribution in [1.82, 2.24) is 0 Å². The van der Waals surface area contributed by atoms with Crippen LogP contribution in [0.4, 0.5) is 8.78 Å². The van der Waals surface area contributed by atoms with Crippen molar-refractivity contribution < 1.29 is 27.6 Å². The molecule has 2 aromatic carbocycles. The summed E-state index contributed by atoms with van der Waals surface area (Å²) in [5.74, 6) is -1.82. The van der Waals surface area contributed by atoms with Gasteiger partial charge in [0.25, 0.3) is 0 Å². The molecule has 0 aliphatic rings. The third-order valence-electron chi connectivity index (χ3n) is 2.35.